The average Bonchev–Trinajstić information content (AvgIpc) is 3.05. The van der Waals surface area contributed by atoms with Crippen LogP contribution >= 0.6 is 22.9 Å². The molecule has 4 rings (SSSR count). The molecule has 0 radical (unpaired) electrons. The molecule has 1 N–H and O–H groups in total. The quantitative estimate of drug-likeness (QED) is 0.485. The van der Waals surface area contributed by atoms with E-state index >= 15 is 0 Å². The number of carboxylic acid groups (broad SMARTS) is 1. The maximum absolute atomic E-state index is 11.5. The van der Waals surface area contributed by atoms with Gasteiger partial charge in [0.05, 0.1) is 15.8 Å². The Morgan fingerprint density at radius 3 is 2.52 bits per heavy atom. The molecule has 3 aromatic carbocycles. The minimum atomic E-state index is -0.990. The Labute approximate surface area is 153 Å². The predicted molar refractivity (Wildman–Crippen MR) is 102 cm³/mol. The number of rotatable bonds is 3. The first-order valence-electron chi connectivity index (χ1n) is 7.61. The topological polar surface area (TPSA) is 50.2 Å². The number of hydrogen-bond donors (Lipinski definition) is 1. The number of aromatic carboxylic acids is 1. The Morgan fingerprint density at radius 2 is 1.76 bits per heavy atom. The van der Waals surface area contributed by atoms with Crippen LogP contribution in [0.4, 0.5) is 0 Å². The maximum Gasteiger partial charge on any atom is 0.336 e. The summed E-state index contributed by atoms with van der Waals surface area (Å²) in [5.74, 6) is -0.990. The zero-order valence-electron chi connectivity index (χ0n) is 12.9. The van der Waals surface area contributed by atoms with Crippen molar-refractivity contribution in [1.82, 2.24) is 4.98 Å². The van der Waals surface area contributed by atoms with Crippen LogP contribution in [0.2, 0.25) is 5.02 Å². The molecule has 0 saturated heterocycles. The second kappa shape index (κ2) is 6.31. The highest BCUT2D eigenvalue weighted by atomic mass is 35.5. The number of hydrogen-bond acceptors (Lipinski definition) is 3. The van der Waals surface area contributed by atoms with Crippen molar-refractivity contribution in [3.8, 4) is 21.7 Å². The fraction of sp³-hybridized carbons (Fsp3) is 0. The molecule has 0 saturated carbocycles. The van der Waals surface area contributed by atoms with E-state index in [-0.39, 0.29) is 5.56 Å². The van der Waals surface area contributed by atoms with Crippen molar-refractivity contribution in [2.75, 3.05) is 0 Å². The number of thiazole rings is 1. The highest BCUT2D eigenvalue weighted by Crippen LogP contribution is 2.35. The SMILES string of the molecule is O=C(O)c1ccc(Cl)cc1-c1nc2ccc(-c3ccccc3)cc2s1. The zero-order chi connectivity index (χ0) is 17.4. The molecule has 1 heterocycles. The standard InChI is InChI=1S/C20H12ClNO2S/c21-14-7-8-15(20(23)24)16(11-14)19-22-17-9-6-13(10-18(17)25-19)12-4-2-1-3-5-12/h1-11H,(H,23,24). The Kier molecular flexibility index (Phi) is 3.99. The Balaban J connectivity index is 1.85. The van der Waals surface area contributed by atoms with Gasteiger partial charge in [-0.3, -0.25) is 0 Å². The van der Waals surface area contributed by atoms with Crippen molar-refractivity contribution in [2.45, 2.75) is 0 Å². The summed E-state index contributed by atoms with van der Waals surface area (Å²) in [6.07, 6.45) is 0. The fourth-order valence-electron chi connectivity index (χ4n) is 2.73. The van der Waals surface area contributed by atoms with Gasteiger partial charge < -0.3 is 5.11 Å². The van der Waals surface area contributed by atoms with Crippen LogP contribution in [0.3, 0.4) is 0 Å². The number of halogens is 1. The molecule has 3 nitrogen and oxygen atoms in total. The van der Waals surface area contributed by atoms with E-state index in [1.807, 2.05) is 30.3 Å². The minimum absolute atomic E-state index is 0.201. The lowest BCUT2D eigenvalue weighted by Gasteiger charge is -2.02. The lowest BCUT2D eigenvalue weighted by Crippen LogP contribution is -1.99. The largest absolute Gasteiger partial charge is 0.478 e. The van der Waals surface area contributed by atoms with Gasteiger partial charge in [-0.15, -0.1) is 11.3 Å². The fourth-order valence-corrected chi connectivity index (χ4v) is 3.94. The molecule has 0 atom stereocenters. The third-order valence-corrected chi connectivity index (χ3v) is 5.22. The van der Waals surface area contributed by atoms with Gasteiger partial charge in [0.1, 0.15) is 5.01 Å². The molecule has 0 aliphatic rings. The van der Waals surface area contributed by atoms with Gasteiger partial charge in [-0.2, -0.15) is 0 Å². The van der Waals surface area contributed by atoms with Gasteiger partial charge in [-0.05, 0) is 41.5 Å². The monoisotopic (exact) mass is 365 g/mol. The molecular formula is C20H12ClNO2S. The van der Waals surface area contributed by atoms with E-state index in [0.717, 1.165) is 21.3 Å². The number of carboxylic acids is 1. The second-order valence-electron chi connectivity index (χ2n) is 5.56. The van der Waals surface area contributed by atoms with E-state index in [0.29, 0.717) is 15.6 Å². The number of aromatic nitrogens is 1. The summed E-state index contributed by atoms with van der Waals surface area (Å²) in [5.41, 5.74) is 3.83. The van der Waals surface area contributed by atoms with Crippen LogP contribution in [0, 0.1) is 0 Å². The molecule has 0 unspecified atom stereocenters. The predicted octanol–water partition coefficient (Wildman–Crippen LogP) is 5.98. The molecule has 0 amide bonds. The normalized spacial score (nSPS) is 10.9. The second-order valence-corrected chi connectivity index (χ2v) is 7.03. The molecule has 0 spiro atoms. The van der Waals surface area contributed by atoms with Crippen molar-refractivity contribution in [3.05, 3.63) is 77.3 Å². The van der Waals surface area contributed by atoms with Crippen molar-refractivity contribution in [3.63, 3.8) is 0 Å². The summed E-state index contributed by atoms with van der Waals surface area (Å²) in [7, 11) is 0. The first-order valence-corrected chi connectivity index (χ1v) is 8.80. The lowest BCUT2D eigenvalue weighted by molar-refractivity contribution is 0.0697. The van der Waals surface area contributed by atoms with Gasteiger partial charge in [0.15, 0.2) is 0 Å². The van der Waals surface area contributed by atoms with E-state index in [4.69, 9.17) is 11.6 Å². The zero-order valence-corrected chi connectivity index (χ0v) is 14.5. The van der Waals surface area contributed by atoms with Crippen LogP contribution in [0.15, 0.2) is 66.7 Å². The summed E-state index contributed by atoms with van der Waals surface area (Å²) in [4.78, 5) is 16.1. The lowest BCUT2D eigenvalue weighted by atomic mass is 10.1. The Morgan fingerprint density at radius 1 is 0.960 bits per heavy atom. The van der Waals surface area contributed by atoms with Crippen LogP contribution in [0.5, 0.6) is 0 Å². The summed E-state index contributed by atoms with van der Waals surface area (Å²) in [6.45, 7) is 0. The van der Waals surface area contributed by atoms with Crippen LogP contribution in [0.1, 0.15) is 10.4 Å². The van der Waals surface area contributed by atoms with E-state index < -0.39 is 5.97 Å². The van der Waals surface area contributed by atoms with Crippen LogP contribution in [-0.2, 0) is 0 Å². The molecule has 122 valence electrons. The van der Waals surface area contributed by atoms with Crippen LogP contribution < -0.4 is 0 Å². The summed E-state index contributed by atoms with van der Waals surface area (Å²) >= 11 is 7.53. The van der Waals surface area contributed by atoms with E-state index in [1.165, 1.54) is 17.4 Å². The van der Waals surface area contributed by atoms with Gasteiger partial charge in [0, 0.05) is 10.6 Å². The minimum Gasteiger partial charge on any atom is -0.478 e. The van der Waals surface area contributed by atoms with E-state index in [9.17, 15) is 9.90 Å². The number of nitrogens with zero attached hydrogens (tertiary/aromatic N) is 1. The van der Waals surface area contributed by atoms with Crippen molar-refractivity contribution >= 4 is 39.1 Å². The van der Waals surface area contributed by atoms with Crippen molar-refractivity contribution in [2.24, 2.45) is 0 Å². The third-order valence-electron chi connectivity index (χ3n) is 3.94. The van der Waals surface area contributed by atoms with Gasteiger partial charge in [-0.1, -0.05) is 48.0 Å². The average molecular weight is 366 g/mol. The summed E-state index contributed by atoms with van der Waals surface area (Å²) < 4.78 is 1.01. The molecule has 0 bridgehead atoms. The Bertz CT molecular complexity index is 1090. The molecule has 5 heteroatoms. The Hall–Kier alpha value is -2.69. The molecule has 1 aromatic heterocycles. The molecule has 0 aliphatic heterocycles. The highest BCUT2D eigenvalue weighted by molar-refractivity contribution is 7.21. The van der Waals surface area contributed by atoms with Crippen molar-refractivity contribution < 1.29 is 9.90 Å². The molecule has 0 aliphatic carbocycles. The highest BCUT2D eigenvalue weighted by Gasteiger charge is 2.16. The first kappa shape index (κ1) is 15.8. The molecule has 4 aromatic rings. The molecule has 0 fully saturated rings. The third kappa shape index (κ3) is 3.02. The molecular weight excluding hydrogens is 354 g/mol. The summed E-state index contributed by atoms with van der Waals surface area (Å²) in [5, 5.41) is 10.6. The van der Waals surface area contributed by atoms with Gasteiger partial charge in [0.25, 0.3) is 0 Å². The number of carbonyl (C=O) groups is 1. The first-order chi connectivity index (χ1) is 12.1. The number of benzene rings is 3. The van der Waals surface area contributed by atoms with E-state index in [2.05, 4.69) is 23.2 Å². The van der Waals surface area contributed by atoms with Gasteiger partial charge in [0.2, 0.25) is 0 Å². The van der Waals surface area contributed by atoms with Gasteiger partial charge >= 0.3 is 5.97 Å². The van der Waals surface area contributed by atoms with Crippen LogP contribution in [0.25, 0.3) is 31.9 Å². The maximum atomic E-state index is 11.5. The molecule has 25 heavy (non-hydrogen) atoms. The smallest absolute Gasteiger partial charge is 0.336 e. The van der Waals surface area contributed by atoms with Crippen LogP contribution in [-0.4, -0.2) is 16.1 Å². The van der Waals surface area contributed by atoms with Gasteiger partial charge in [-0.25, -0.2) is 9.78 Å². The van der Waals surface area contributed by atoms with Crippen molar-refractivity contribution in [1.29, 1.82) is 0 Å². The summed E-state index contributed by atoms with van der Waals surface area (Å²) in [6, 6.07) is 20.9. The number of fused-ring (bicyclic) bond motifs is 1. The van der Waals surface area contributed by atoms with E-state index in [1.54, 1.807) is 12.1 Å².